The minimum atomic E-state index is -4.84. The second kappa shape index (κ2) is 10.3. The van der Waals surface area contributed by atoms with Crippen molar-refractivity contribution in [3.63, 3.8) is 0 Å². The maximum atomic E-state index is 12.7. The molecule has 0 saturated carbocycles. The number of rotatable bonds is 7. The second-order valence-corrected chi connectivity index (χ2v) is 8.33. The van der Waals surface area contributed by atoms with E-state index >= 15 is 0 Å². The summed E-state index contributed by atoms with van der Waals surface area (Å²) in [7, 11) is 0. The minimum Gasteiger partial charge on any atom is -0.466 e. The molecule has 33 heavy (non-hydrogen) atoms. The molecule has 1 unspecified atom stereocenters. The second-order valence-electron chi connectivity index (χ2n) is 7.92. The largest absolute Gasteiger partial charge is 0.573 e. The van der Waals surface area contributed by atoms with Gasteiger partial charge in [0.25, 0.3) is 5.91 Å². The van der Waals surface area contributed by atoms with Gasteiger partial charge in [-0.25, -0.2) is 4.98 Å². The Labute approximate surface area is 193 Å². The lowest BCUT2D eigenvalue weighted by molar-refractivity contribution is -0.274. The summed E-state index contributed by atoms with van der Waals surface area (Å²) in [6.07, 6.45) is -2.44. The zero-order valence-corrected chi connectivity index (χ0v) is 18.7. The number of aromatic nitrogens is 1. The smallest absolute Gasteiger partial charge is 0.466 e. The van der Waals surface area contributed by atoms with Gasteiger partial charge in [0, 0.05) is 18.4 Å². The van der Waals surface area contributed by atoms with Gasteiger partial charge in [0.1, 0.15) is 11.6 Å². The number of hydrogen-bond donors (Lipinski definition) is 2. The Morgan fingerprint density at radius 1 is 1.33 bits per heavy atom. The van der Waals surface area contributed by atoms with Gasteiger partial charge >= 0.3 is 12.3 Å². The number of pyridine rings is 1. The number of halogens is 4. The topological polar surface area (TPSA) is 89.6 Å². The summed E-state index contributed by atoms with van der Waals surface area (Å²) in [5.41, 5.74) is 1.54. The van der Waals surface area contributed by atoms with E-state index in [9.17, 15) is 22.8 Å². The third-order valence-corrected chi connectivity index (χ3v) is 5.32. The Hall–Kier alpha value is -3.01. The summed E-state index contributed by atoms with van der Waals surface area (Å²) in [6, 6.07) is 5.46. The molecule has 1 fully saturated rings. The molecule has 0 aliphatic carbocycles. The molecule has 2 heterocycles. The molecular formula is C22H23ClF3N3O4. The number of carbonyl (C=O) groups excluding carboxylic acids is 2. The molecule has 1 aromatic heterocycles. The van der Waals surface area contributed by atoms with Crippen molar-refractivity contribution in [1.82, 2.24) is 10.3 Å². The Balaban J connectivity index is 1.71. The number of hydrogen-bond acceptors (Lipinski definition) is 6. The monoisotopic (exact) mass is 485 g/mol. The fourth-order valence-corrected chi connectivity index (χ4v) is 3.60. The fourth-order valence-electron chi connectivity index (χ4n) is 3.38. The molecule has 2 N–H and O–H groups in total. The van der Waals surface area contributed by atoms with Crippen molar-refractivity contribution in [2.45, 2.75) is 39.0 Å². The summed E-state index contributed by atoms with van der Waals surface area (Å²) < 4.78 is 46.0. The Bertz CT molecular complexity index is 1030. The van der Waals surface area contributed by atoms with Gasteiger partial charge in [-0.2, -0.15) is 0 Å². The van der Waals surface area contributed by atoms with Crippen LogP contribution in [0.15, 0.2) is 30.5 Å². The number of esters is 1. The predicted octanol–water partition coefficient (Wildman–Crippen LogP) is 5.18. The lowest BCUT2D eigenvalue weighted by Gasteiger charge is -2.22. The summed E-state index contributed by atoms with van der Waals surface area (Å²) >= 11 is 5.89. The van der Waals surface area contributed by atoms with Gasteiger partial charge in [-0.05, 0) is 48.1 Å². The number of nitrogens with one attached hydrogen (secondary N) is 2. The predicted molar refractivity (Wildman–Crippen MR) is 116 cm³/mol. The van der Waals surface area contributed by atoms with Gasteiger partial charge in [0.2, 0.25) is 0 Å². The summed E-state index contributed by atoms with van der Waals surface area (Å²) in [5, 5.41) is 5.61. The highest BCUT2D eigenvalue weighted by Gasteiger charge is 2.32. The van der Waals surface area contributed by atoms with Crippen LogP contribution in [0.4, 0.5) is 24.7 Å². The number of carbonyl (C=O) groups is 2. The molecule has 2 aromatic rings. The number of nitrogens with zero attached hydrogens (tertiary/aromatic N) is 1. The molecule has 0 spiro atoms. The van der Waals surface area contributed by atoms with Crippen molar-refractivity contribution in [3.05, 3.63) is 46.6 Å². The van der Waals surface area contributed by atoms with Crippen LogP contribution in [0.5, 0.6) is 5.75 Å². The normalized spacial score (nSPS) is 16.3. The van der Waals surface area contributed by atoms with Crippen LogP contribution in [-0.4, -0.2) is 36.4 Å². The maximum absolute atomic E-state index is 12.7. The Kier molecular flexibility index (Phi) is 7.68. The van der Waals surface area contributed by atoms with Crippen LogP contribution in [0.25, 0.3) is 0 Å². The first kappa shape index (κ1) is 24.6. The number of cyclic esters (lactones) is 1. The van der Waals surface area contributed by atoms with Crippen molar-refractivity contribution < 1.29 is 32.2 Å². The summed E-state index contributed by atoms with van der Waals surface area (Å²) in [4.78, 5) is 28.4. The van der Waals surface area contributed by atoms with Gasteiger partial charge in [-0.3, -0.25) is 9.59 Å². The van der Waals surface area contributed by atoms with E-state index < -0.39 is 12.1 Å². The van der Waals surface area contributed by atoms with Crippen LogP contribution in [0.2, 0.25) is 5.02 Å². The van der Waals surface area contributed by atoms with Gasteiger partial charge < -0.3 is 20.1 Å². The lowest BCUT2D eigenvalue weighted by atomic mass is 9.97. The maximum Gasteiger partial charge on any atom is 0.573 e. The van der Waals surface area contributed by atoms with Crippen LogP contribution < -0.4 is 15.4 Å². The van der Waals surface area contributed by atoms with E-state index in [1.54, 1.807) is 6.07 Å². The first-order valence-corrected chi connectivity index (χ1v) is 10.7. The van der Waals surface area contributed by atoms with Crippen molar-refractivity contribution in [2.24, 2.45) is 5.92 Å². The van der Waals surface area contributed by atoms with E-state index in [2.05, 4.69) is 20.4 Å². The van der Waals surface area contributed by atoms with E-state index in [1.165, 1.54) is 18.3 Å². The highest BCUT2D eigenvalue weighted by atomic mass is 35.5. The number of ether oxygens (including phenoxy) is 2. The molecule has 1 aromatic carbocycles. The standard InChI is InChI=1S/C22H23ClF3N3O4/c1-12(2)15-9-19(29-14-3-4-18(17(23)8-14)33-22(24,25)26)27-11-16(15)21(31)28-10-13-5-6-32-20(30)7-13/h3-4,8-9,11-13H,5-7,10H2,1-2H3,(H,27,29)(H,28,31). The molecule has 178 valence electrons. The number of alkyl halides is 3. The van der Waals surface area contributed by atoms with Crippen molar-refractivity contribution in [2.75, 3.05) is 18.5 Å². The minimum absolute atomic E-state index is 0.00916. The van der Waals surface area contributed by atoms with Gasteiger partial charge in [-0.15, -0.1) is 13.2 Å². The number of benzene rings is 1. The lowest BCUT2D eigenvalue weighted by Crippen LogP contribution is -2.34. The molecule has 1 amide bonds. The van der Waals surface area contributed by atoms with Gasteiger partial charge in [-0.1, -0.05) is 25.4 Å². The average Bonchev–Trinajstić information content (AvgIpc) is 2.73. The van der Waals surface area contributed by atoms with Crippen LogP contribution in [0.3, 0.4) is 0 Å². The van der Waals surface area contributed by atoms with Crippen molar-refractivity contribution in [1.29, 1.82) is 0 Å². The molecule has 1 aliphatic heterocycles. The van der Waals surface area contributed by atoms with E-state index in [0.29, 0.717) is 36.6 Å². The molecule has 0 bridgehead atoms. The number of anilines is 2. The molecule has 11 heteroatoms. The van der Waals surface area contributed by atoms with Crippen molar-refractivity contribution in [3.8, 4) is 5.75 Å². The summed E-state index contributed by atoms with van der Waals surface area (Å²) in [5.74, 6) is -0.660. The molecule has 1 saturated heterocycles. The third kappa shape index (κ3) is 6.98. The van der Waals surface area contributed by atoms with Crippen LogP contribution >= 0.6 is 11.6 Å². The molecule has 1 atom stereocenters. The van der Waals surface area contributed by atoms with E-state index in [-0.39, 0.29) is 35.2 Å². The SMILES string of the molecule is CC(C)c1cc(Nc2ccc(OC(F)(F)F)c(Cl)c2)ncc1C(=O)NCC1CCOC(=O)C1. The van der Waals surface area contributed by atoms with E-state index in [4.69, 9.17) is 16.3 Å². The Morgan fingerprint density at radius 2 is 2.09 bits per heavy atom. The quantitative estimate of drug-likeness (QED) is 0.525. The number of amides is 1. The highest BCUT2D eigenvalue weighted by Crippen LogP contribution is 2.33. The Morgan fingerprint density at radius 3 is 2.73 bits per heavy atom. The van der Waals surface area contributed by atoms with Crippen LogP contribution in [0, 0.1) is 5.92 Å². The van der Waals surface area contributed by atoms with Gasteiger partial charge in [0.15, 0.2) is 0 Å². The molecule has 3 rings (SSSR count). The van der Waals surface area contributed by atoms with Gasteiger partial charge in [0.05, 0.1) is 23.6 Å². The van der Waals surface area contributed by atoms with Crippen LogP contribution in [0.1, 0.15) is 48.5 Å². The fraction of sp³-hybridized carbons (Fsp3) is 0.409. The van der Waals surface area contributed by atoms with Crippen molar-refractivity contribution >= 4 is 35.0 Å². The first-order chi connectivity index (χ1) is 15.5. The zero-order chi connectivity index (χ0) is 24.2. The third-order valence-electron chi connectivity index (χ3n) is 5.03. The molecule has 0 radical (unpaired) electrons. The molecular weight excluding hydrogens is 463 g/mol. The zero-order valence-electron chi connectivity index (χ0n) is 18.0. The highest BCUT2D eigenvalue weighted by molar-refractivity contribution is 6.32. The van der Waals surface area contributed by atoms with E-state index in [1.807, 2.05) is 13.8 Å². The molecule has 7 nitrogen and oxygen atoms in total. The van der Waals surface area contributed by atoms with E-state index in [0.717, 1.165) is 11.6 Å². The van der Waals surface area contributed by atoms with Crippen LogP contribution in [-0.2, 0) is 9.53 Å². The molecule has 1 aliphatic rings. The average molecular weight is 486 g/mol. The summed E-state index contributed by atoms with van der Waals surface area (Å²) in [6.45, 7) is 4.56. The first-order valence-electron chi connectivity index (χ1n) is 10.3.